The van der Waals surface area contributed by atoms with Crippen molar-refractivity contribution < 1.29 is 0 Å². The van der Waals surface area contributed by atoms with E-state index in [-0.39, 0.29) is 16.4 Å². The summed E-state index contributed by atoms with van der Waals surface area (Å²) in [6, 6.07) is 80.9. The van der Waals surface area contributed by atoms with E-state index in [1.807, 2.05) is 0 Å². The van der Waals surface area contributed by atoms with Gasteiger partial charge in [0, 0.05) is 16.8 Å². The molecule has 0 bridgehead atoms. The zero-order chi connectivity index (χ0) is 46.9. The van der Waals surface area contributed by atoms with Gasteiger partial charge >= 0.3 is 0 Å². The lowest BCUT2D eigenvalue weighted by Crippen LogP contribution is -2.64. The van der Waals surface area contributed by atoms with E-state index in [0.29, 0.717) is 0 Å². The van der Waals surface area contributed by atoms with Crippen LogP contribution in [-0.2, 0) is 5.41 Å². The number of hydrogen-bond donors (Lipinski definition) is 0. The largest absolute Gasteiger partial charge is 0.334 e. The SMILES string of the molecule is CC(C)(C)C12CCCCC1(C)c1cc(-c3cc(-c4cccc5ccccc45)c4ccc5c(-c6cccc7ccccc67)cc(-c6cccc7ccccc67)c6ccc3c4c65)ccc1N2c1ccccc1. The molecule has 1 saturated carbocycles. The Labute approximate surface area is 411 Å². The molecule has 12 aromatic carbocycles. The number of fused-ring (bicyclic) bond motifs is 6. The van der Waals surface area contributed by atoms with Gasteiger partial charge in [0.05, 0.1) is 5.54 Å². The molecule has 1 aliphatic heterocycles. The maximum atomic E-state index is 2.78. The Balaban J connectivity index is 1.13. The molecule has 0 saturated heterocycles. The van der Waals surface area contributed by atoms with Gasteiger partial charge < -0.3 is 4.90 Å². The number of benzene rings is 12. The third kappa shape index (κ3) is 5.67. The second-order valence-electron chi connectivity index (χ2n) is 21.6. The number of para-hydroxylation sites is 1. The van der Waals surface area contributed by atoms with Crippen LogP contribution in [0.5, 0.6) is 0 Å². The number of nitrogens with zero attached hydrogens (tertiary/aromatic N) is 1. The highest BCUT2D eigenvalue weighted by molar-refractivity contribution is 6.33. The fourth-order valence-corrected chi connectivity index (χ4v) is 14.4. The summed E-state index contributed by atoms with van der Waals surface area (Å²) >= 11 is 0. The maximum Gasteiger partial charge on any atom is 0.0594 e. The van der Waals surface area contributed by atoms with Gasteiger partial charge in [-0.3, -0.25) is 0 Å². The molecule has 0 aromatic heterocycles. The van der Waals surface area contributed by atoms with Gasteiger partial charge in [-0.25, -0.2) is 0 Å². The summed E-state index contributed by atoms with van der Waals surface area (Å²) in [5, 5.41) is 15.4. The molecule has 0 radical (unpaired) electrons. The lowest BCUT2D eigenvalue weighted by Gasteiger charge is -2.59. The molecule has 0 N–H and O–H groups in total. The van der Waals surface area contributed by atoms with E-state index >= 15 is 0 Å². The van der Waals surface area contributed by atoms with Gasteiger partial charge in [0.25, 0.3) is 0 Å². The zero-order valence-electron chi connectivity index (χ0n) is 40.5. The molecule has 12 aromatic rings. The Morgan fingerprint density at radius 3 is 1.30 bits per heavy atom. The highest BCUT2D eigenvalue weighted by Crippen LogP contribution is 2.67. The minimum Gasteiger partial charge on any atom is -0.334 e. The summed E-state index contributed by atoms with van der Waals surface area (Å²) in [5.74, 6) is 0. The van der Waals surface area contributed by atoms with Crippen LogP contribution in [0.2, 0.25) is 0 Å². The molecule has 1 nitrogen and oxygen atoms in total. The van der Waals surface area contributed by atoms with Gasteiger partial charge in [-0.1, -0.05) is 216 Å². The molecule has 0 amide bonds. The highest BCUT2D eigenvalue weighted by atomic mass is 15.3. The van der Waals surface area contributed by atoms with Crippen molar-refractivity contribution in [3.8, 4) is 44.5 Å². The molecule has 1 heterocycles. The van der Waals surface area contributed by atoms with Crippen molar-refractivity contribution in [3.63, 3.8) is 0 Å². The summed E-state index contributed by atoms with van der Waals surface area (Å²) in [5.41, 5.74) is 14.2. The Morgan fingerprint density at radius 1 is 0.371 bits per heavy atom. The van der Waals surface area contributed by atoms with Gasteiger partial charge in [0.1, 0.15) is 0 Å². The van der Waals surface area contributed by atoms with Crippen molar-refractivity contribution in [2.75, 3.05) is 4.90 Å². The molecular weight excluding hydrogens is 843 g/mol. The molecule has 2 atom stereocenters. The van der Waals surface area contributed by atoms with Crippen molar-refractivity contribution >= 4 is 76.0 Å². The van der Waals surface area contributed by atoms with Gasteiger partial charge in [0.2, 0.25) is 0 Å². The first-order valence-electron chi connectivity index (χ1n) is 25.5. The van der Waals surface area contributed by atoms with Crippen molar-refractivity contribution in [1.82, 2.24) is 0 Å². The van der Waals surface area contributed by atoms with E-state index < -0.39 is 0 Å². The van der Waals surface area contributed by atoms with Crippen LogP contribution in [0.25, 0.3) is 109 Å². The predicted molar refractivity (Wildman–Crippen MR) is 301 cm³/mol. The second-order valence-corrected chi connectivity index (χ2v) is 21.6. The van der Waals surface area contributed by atoms with Gasteiger partial charge in [-0.2, -0.15) is 0 Å². The number of anilines is 2. The van der Waals surface area contributed by atoms with Crippen LogP contribution < -0.4 is 4.90 Å². The van der Waals surface area contributed by atoms with Crippen LogP contribution in [-0.4, -0.2) is 5.54 Å². The first kappa shape index (κ1) is 41.3. The summed E-state index contributed by atoms with van der Waals surface area (Å²) in [6.07, 6.45) is 4.80. The monoisotopic (exact) mass is 897 g/mol. The normalized spacial score (nSPS) is 18.1. The summed E-state index contributed by atoms with van der Waals surface area (Å²) in [7, 11) is 0. The van der Waals surface area contributed by atoms with Crippen LogP contribution >= 0.6 is 0 Å². The Hall–Kier alpha value is -7.74. The van der Waals surface area contributed by atoms with E-state index in [4.69, 9.17) is 0 Å². The average Bonchev–Trinajstić information content (AvgIpc) is 3.65. The van der Waals surface area contributed by atoms with Crippen LogP contribution in [0.15, 0.2) is 212 Å². The Kier molecular flexibility index (Phi) is 8.92. The molecule has 0 spiro atoms. The summed E-state index contributed by atoms with van der Waals surface area (Å²) in [6.45, 7) is 10.1. The van der Waals surface area contributed by atoms with E-state index in [2.05, 4.69) is 245 Å². The standard InChI is InChI=1S/C69H55N/c1-67(2,3)69-40-15-14-39-68(69,4)63-41-47(33-38-64(63)70(69)48-25-6-5-7-26-48)59-42-60(52-30-16-22-44-19-8-11-27-49(44)52)56-36-37-58-62(54-32-18-24-46-21-10-13-29-51(46)54)43-61(57-35-34-55(59)65(56)66(57)58)53-31-17-23-45-20-9-12-28-50(45)53/h5-13,16-38,41-43H,14-15,39-40H2,1-4H3. The van der Waals surface area contributed by atoms with Crippen LogP contribution in [0.1, 0.15) is 58.9 Å². The third-order valence-corrected chi connectivity index (χ3v) is 17.3. The van der Waals surface area contributed by atoms with Crippen molar-refractivity contribution in [3.05, 3.63) is 218 Å². The molecular formula is C69H55N. The third-order valence-electron chi connectivity index (χ3n) is 17.3. The molecule has 14 rings (SSSR count). The first-order valence-corrected chi connectivity index (χ1v) is 25.5. The van der Waals surface area contributed by atoms with E-state index in [1.165, 1.54) is 139 Å². The van der Waals surface area contributed by atoms with E-state index in [0.717, 1.165) is 12.8 Å². The summed E-state index contributed by atoms with van der Waals surface area (Å²) < 4.78 is 0. The fraction of sp³-hybridized carbons (Fsp3) is 0.159. The van der Waals surface area contributed by atoms with Gasteiger partial charge in [0.15, 0.2) is 0 Å². The van der Waals surface area contributed by atoms with Crippen molar-refractivity contribution in [2.24, 2.45) is 5.41 Å². The molecule has 2 unspecified atom stereocenters. The minimum absolute atomic E-state index is 0.00923. The summed E-state index contributed by atoms with van der Waals surface area (Å²) in [4.78, 5) is 2.78. The highest BCUT2D eigenvalue weighted by Gasteiger charge is 2.65. The molecule has 336 valence electrons. The molecule has 1 fully saturated rings. The molecule has 1 aliphatic carbocycles. The van der Waals surface area contributed by atoms with Crippen LogP contribution in [0, 0.1) is 5.41 Å². The average molecular weight is 898 g/mol. The first-order chi connectivity index (χ1) is 34.2. The van der Waals surface area contributed by atoms with Gasteiger partial charge in [-0.15, -0.1) is 0 Å². The maximum absolute atomic E-state index is 2.78. The Morgan fingerprint density at radius 2 is 0.800 bits per heavy atom. The minimum atomic E-state index is -0.0899. The quantitative estimate of drug-likeness (QED) is 0.156. The molecule has 2 aliphatic rings. The number of rotatable bonds is 5. The second kappa shape index (κ2) is 15.1. The van der Waals surface area contributed by atoms with Gasteiger partial charge in [-0.05, 0) is 169 Å². The molecule has 70 heavy (non-hydrogen) atoms. The lowest BCUT2D eigenvalue weighted by atomic mass is 9.52. The lowest BCUT2D eigenvalue weighted by molar-refractivity contribution is 0.0608. The molecule has 1 heteroatoms. The predicted octanol–water partition coefficient (Wildman–Crippen LogP) is 19.5. The van der Waals surface area contributed by atoms with E-state index in [1.54, 1.807) is 0 Å². The Bertz CT molecular complexity index is 3960. The van der Waals surface area contributed by atoms with E-state index in [9.17, 15) is 0 Å². The number of hydrogen-bond acceptors (Lipinski definition) is 1. The van der Waals surface area contributed by atoms with Crippen LogP contribution in [0.4, 0.5) is 11.4 Å². The zero-order valence-corrected chi connectivity index (χ0v) is 40.5. The topological polar surface area (TPSA) is 3.24 Å². The fourth-order valence-electron chi connectivity index (χ4n) is 14.4. The van der Waals surface area contributed by atoms with Crippen molar-refractivity contribution in [2.45, 2.75) is 64.3 Å². The van der Waals surface area contributed by atoms with Crippen LogP contribution in [0.3, 0.4) is 0 Å². The smallest absolute Gasteiger partial charge is 0.0594 e. The van der Waals surface area contributed by atoms with Crippen molar-refractivity contribution in [1.29, 1.82) is 0 Å².